The van der Waals surface area contributed by atoms with Crippen molar-refractivity contribution in [3.05, 3.63) is 68.5 Å². The Kier molecular flexibility index (Phi) is 4.93. The predicted molar refractivity (Wildman–Crippen MR) is 117 cm³/mol. The van der Waals surface area contributed by atoms with Gasteiger partial charge >= 0.3 is 0 Å². The Hall–Kier alpha value is -3.03. The molecule has 2 aromatic carbocycles. The van der Waals surface area contributed by atoms with E-state index in [1.807, 2.05) is 61.5 Å². The zero-order valence-corrected chi connectivity index (χ0v) is 16.7. The molecular weight excluding hydrogens is 390 g/mol. The molecule has 7 heteroatoms. The van der Waals surface area contributed by atoms with Crippen LogP contribution in [0.4, 0.5) is 11.4 Å². The highest BCUT2D eigenvalue weighted by Gasteiger charge is 2.16. The number of fused-ring (bicyclic) bond motifs is 1. The number of thiazole rings is 1. The number of hydrogen-bond donors (Lipinski definition) is 2. The molecule has 1 aromatic heterocycles. The van der Waals surface area contributed by atoms with Crippen LogP contribution in [0.25, 0.3) is 11.6 Å². The van der Waals surface area contributed by atoms with Crippen LogP contribution in [0.1, 0.15) is 16.0 Å². The van der Waals surface area contributed by atoms with E-state index in [4.69, 9.17) is 12.2 Å². The number of amides is 1. The van der Waals surface area contributed by atoms with E-state index >= 15 is 0 Å². The lowest BCUT2D eigenvalue weighted by atomic mass is 10.1. The van der Waals surface area contributed by atoms with Crippen LogP contribution < -0.4 is 5.32 Å². The first kappa shape index (κ1) is 18.3. The first-order chi connectivity index (χ1) is 13.5. The summed E-state index contributed by atoms with van der Waals surface area (Å²) in [7, 11) is 0. The first-order valence-corrected chi connectivity index (χ1v) is 9.88. The SMILES string of the molecule is Cc1cccc(NC(=O)Cn2c(O)c(/C=C3/C=Nc4ccccc43)sc2=S)c1. The lowest BCUT2D eigenvalue weighted by molar-refractivity contribution is -0.116. The van der Waals surface area contributed by atoms with E-state index in [0.717, 1.165) is 22.4 Å². The molecule has 0 unspecified atom stereocenters. The summed E-state index contributed by atoms with van der Waals surface area (Å²) in [5.74, 6) is -0.263. The van der Waals surface area contributed by atoms with Crippen LogP contribution in [-0.2, 0) is 11.3 Å². The molecule has 1 aliphatic rings. The lowest BCUT2D eigenvalue weighted by Crippen LogP contribution is -2.18. The van der Waals surface area contributed by atoms with Gasteiger partial charge in [-0.05, 0) is 49.0 Å². The summed E-state index contributed by atoms with van der Waals surface area (Å²) in [6.07, 6.45) is 3.61. The van der Waals surface area contributed by atoms with Crippen LogP contribution in [0.15, 0.2) is 53.5 Å². The molecule has 140 valence electrons. The second-order valence-corrected chi connectivity index (χ2v) is 8.11. The Balaban J connectivity index is 1.57. The maximum Gasteiger partial charge on any atom is 0.244 e. The molecule has 1 amide bonds. The second-order valence-electron chi connectivity index (χ2n) is 6.43. The summed E-state index contributed by atoms with van der Waals surface area (Å²) < 4.78 is 1.88. The number of aromatic nitrogens is 1. The molecule has 0 spiro atoms. The van der Waals surface area contributed by atoms with Crippen LogP contribution in [-0.4, -0.2) is 21.8 Å². The van der Waals surface area contributed by atoms with E-state index in [2.05, 4.69) is 10.3 Å². The third kappa shape index (κ3) is 3.67. The Labute approximate surface area is 171 Å². The molecule has 3 aromatic rings. The van der Waals surface area contributed by atoms with Crippen LogP contribution in [0, 0.1) is 10.9 Å². The van der Waals surface area contributed by atoms with Gasteiger partial charge in [0.15, 0.2) is 3.95 Å². The number of rotatable bonds is 4. The number of nitrogens with one attached hydrogen (secondary N) is 1. The van der Waals surface area contributed by atoms with Crippen molar-refractivity contribution in [2.24, 2.45) is 4.99 Å². The van der Waals surface area contributed by atoms with Crippen molar-refractivity contribution in [1.29, 1.82) is 0 Å². The molecule has 0 fully saturated rings. The number of benzene rings is 2. The van der Waals surface area contributed by atoms with Gasteiger partial charge in [-0.15, -0.1) is 11.3 Å². The fourth-order valence-electron chi connectivity index (χ4n) is 3.01. The van der Waals surface area contributed by atoms with Crippen molar-refractivity contribution in [3.8, 4) is 5.88 Å². The Bertz CT molecular complexity index is 1190. The number of carbonyl (C=O) groups is 1. The fourth-order valence-corrected chi connectivity index (χ4v) is 4.27. The minimum Gasteiger partial charge on any atom is -0.493 e. The van der Waals surface area contributed by atoms with Gasteiger partial charge in [-0.2, -0.15) is 0 Å². The summed E-state index contributed by atoms with van der Waals surface area (Å²) in [6, 6.07) is 15.4. The molecule has 0 radical (unpaired) electrons. The number of aliphatic imine (C=N–C) groups is 1. The number of carbonyl (C=O) groups excluding carboxylic acids is 1. The predicted octanol–water partition coefficient (Wildman–Crippen LogP) is 5.19. The summed E-state index contributed by atoms with van der Waals surface area (Å²) in [5, 5.41) is 13.4. The average molecular weight is 408 g/mol. The van der Waals surface area contributed by atoms with Gasteiger partial charge in [0.2, 0.25) is 11.8 Å². The van der Waals surface area contributed by atoms with Crippen LogP contribution >= 0.6 is 23.6 Å². The number of aryl methyl sites for hydroxylation is 1. The van der Waals surface area contributed by atoms with Crippen molar-refractivity contribution in [3.63, 3.8) is 0 Å². The summed E-state index contributed by atoms with van der Waals surface area (Å²) >= 11 is 6.62. The zero-order valence-electron chi connectivity index (χ0n) is 15.0. The zero-order chi connectivity index (χ0) is 19.7. The quantitative estimate of drug-likeness (QED) is 0.585. The number of hydrogen-bond acceptors (Lipinski definition) is 5. The van der Waals surface area contributed by atoms with Crippen LogP contribution in [0.3, 0.4) is 0 Å². The van der Waals surface area contributed by atoms with E-state index in [-0.39, 0.29) is 18.3 Å². The Morgan fingerprint density at radius 1 is 1.29 bits per heavy atom. The normalized spacial score (nSPS) is 13.7. The van der Waals surface area contributed by atoms with E-state index in [1.54, 1.807) is 6.21 Å². The third-order valence-corrected chi connectivity index (χ3v) is 5.73. The monoisotopic (exact) mass is 407 g/mol. The van der Waals surface area contributed by atoms with Crippen LogP contribution in [0.2, 0.25) is 0 Å². The van der Waals surface area contributed by atoms with Gasteiger partial charge < -0.3 is 10.4 Å². The maximum absolute atomic E-state index is 12.4. The molecule has 2 N–H and O–H groups in total. The highest BCUT2D eigenvalue weighted by molar-refractivity contribution is 7.73. The molecule has 0 saturated carbocycles. The van der Waals surface area contributed by atoms with E-state index < -0.39 is 0 Å². The Morgan fingerprint density at radius 2 is 2.11 bits per heavy atom. The van der Waals surface area contributed by atoms with Gasteiger partial charge in [-0.25, -0.2) is 0 Å². The highest BCUT2D eigenvalue weighted by atomic mass is 32.1. The fraction of sp³-hybridized carbons (Fsp3) is 0.0952. The molecule has 1 aliphatic heterocycles. The minimum absolute atomic E-state index is 0.0142. The largest absolute Gasteiger partial charge is 0.493 e. The number of para-hydroxylation sites is 1. The molecule has 28 heavy (non-hydrogen) atoms. The van der Waals surface area contributed by atoms with Gasteiger partial charge in [0, 0.05) is 23.0 Å². The molecule has 0 aliphatic carbocycles. The third-order valence-electron chi connectivity index (χ3n) is 4.34. The van der Waals surface area contributed by atoms with Crippen molar-refractivity contribution >= 4 is 58.7 Å². The molecule has 0 saturated heterocycles. The van der Waals surface area contributed by atoms with Gasteiger partial charge in [0.05, 0.1) is 10.6 Å². The number of aromatic hydroxyl groups is 1. The smallest absolute Gasteiger partial charge is 0.244 e. The molecule has 2 heterocycles. The molecule has 0 atom stereocenters. The number of allylic oxidation sites excluding steroid dienone is 1. The van der Waals surface area contributed by atoms with E-state index in [0.29, 0.717) is 14.5 Å². The first-order valence-electron chi connectivity index (χ1n) is 8.65. The average Bonchev–Trinajstić information content (AvgIpc) is 3.18. The lowest BCUT2D eigenvalue weighted by Gasteiger charge is -2.07. The summed E-state index contributed by atoms with van der Waals surface area (Å²) in [6.45, 7) is 1.91. The molecule has 4 rings (SSSR count). The standard InChI is InChI=1S/C21H17N3O2S2/c1-13-5-4-6-15(9-13)23-19(25)12-24-20(26)18(28-21(24)27)10-14-11-22-17-8-3-2-7-16(14)17/h2-11,26H,12H2,1H3,(H,23,25)/b14-10-. The van der Waals surface area contributed by atoms with E-state index in [9.17, 15) is 9.90 Å². The van der Waals surface area contributed by atoms with Gasteiger partial charge in [-0.3, -0.25) is 14.4 Å². The van der Waals surface area contributed by atoms with Crippen LogP contribution in [0.5, 0.6) is 5.88 Å². The number of anilines is 1. The van der Waals surface area contributed by atoms with Crippen molar-refractivity contribution in [2.75, 3.05) is 5.32 Å². The summed E-state index contributed by atoms with van der Waals surface area (Å²) in [4.78, 5) is 17.4. The van der Waals surface area contributed by atoms with Gasteiger partial charge in [0.1, 0.15) is 6.54 Å². The van der Waals surface area contributed by atoms with E-state index in [1.165, 1.54) is 15.9 Å². The van der Waals surface area contributed by atoms with Crippen molar-refractivity contribution in [1.82, 2.24) is 4.57 Å². The molecular formula is C21H17N3O2S2. The van der Waals surface area contributed by atoms with Gasteiger partial charge in [-0.1, -0.05) is 30.3 Å². The van der Waals surface area contributed by atoms with Crippen molar-refractivity contribution in [2.45, 2.75) is 13.5 Å². The maximum atomic E-state index is 12.4. The van der Waals surface area contributed by atoms with Crippen molar-refractivity contribution < 1.29 is 9.90 Å². The van der Waals surface area contributed by atoms with Gasteiger partial charge in [0.25, 0.3) is 0 Å². The molecule has 0 bridgehead atoms. The minimum atomic E-state index is -0.248. The topological polar surface area (TPSA) is 66.6 Å². The summed E-state index contributed by atoms with van der Waals surface area (Å²) in [5.41, 5.74) is 4.57. The highest BCUT2D eigenvalue weighted by Crippen LogP contribution is 2.35. The Morgan fingerprint density at radius 3 is 2.93 bits per heavy atom. The molecule has 5 nitrogen and oxygen atoms in total. The second kappa shape index (κ2) is 7.53. The number of nitrogens with zero attached hydrogens (tertiary/aromatic N) is 2.